The van der Waals surface area contributed by atoms with Crippen LogP contribution in [-0.2, 0) is 27.3 Å². The number of amides is 3. The van der Waals surface area contributed by atoms with E-state index in [-0.39, 0.29) is 29.9 Å². The van der Waals surface area contributed by atoms with Crippen LogP contribution in [0, 0.1) is 6.92 Å². The molecule has 3 amide bonds. The highest BCUT2D eigenvalue weighted by Crippen LogP contribution is 2.51. The number of nitrogens with one attached hydrogen (secondary N) is 2. The number of H-pyrrole nitrogens is 1. The van der Waals surface area contributed by atoms with Gasteiger partial charge in [-0.1, -0.05) is 66.4 Å². The molecule has 2 aliphatic heterocycles. The van der Waals surface area contributed by atoms with E-state index in [9.17, 15) is 19.5 Å². The van der Waals surface area contributed by atoms with Crippen LogP contribution in [0.25, 0.3) is 0 Å². The van der Waals surface area contributed by atoms with Crippen molar-refractivity contribution in [2.75, 3.05) is 11.6 Å². The number of nitrogens with zero attached hydrogens (tertiary/aromatic N) is 4. The number of rotatable bonds is 10. The van der Waals surface area contributed by atoms with Crippen molar-refractivity contribution in [3.8, 4) is 0 Å². The first kappa shape index (κ1) is 27.2. The molecule has 2 saturated heterocycles. The largest absolute Gasteiger partial charge is 0.381 e. The molecule has 4 atom stereocenters. The van der Waals surface area contributed by atoms with Gasteiger partial charge in [-0.15, -0.1) is 11.8 Å². The minimum Gasteiger partial charge on any atom is -0.381 e. The molecule has 0 spiro atoms. The fraction of sp³-hybridized carbons (Fsp3) is 0.370. The van der Waals surface area contributed by atoms with Gasteiger partial charge in [-0.25, -0.2) is 4.98 Å². The van der Waals surface area contributed by atoms with E-state index in [1.54, 1.807) is 4.90 Å². The number of aromatic amines is 1. The molecule has 39 heavy (non-hydrogen) atoms. The van der Waals surface area contributed by atoms with Crippen LogP contribution in [0.2, 0.25) is 0 Å². The van der Waals surface area contributed by atoms with Gasteiger partial charge in [0.05, 0.1) is 17.7 Å². The lowest BCUT2D eigenvalue weighted by Crippen LogP contribution is -2.73. The van der Waals surface area contributed by atoms with Gasteiger partial charge in [0.1, 0.15) is 17.2 Å². The first-order valence-corrected chi connectivity index (χ1v) is 14.5. The lowest BCUT2D eigenvalue weighted by atomic mass is 9.91. The maximum atomic E-state index is 13.6. The summed E-state index contributed by atoms with van der Waals surface area (Å²) in [5.41, 5.74) is 3.02. The minimum atomic E-state index is -1.52. The van der Waals surface area contributed by atoms with Gasteiger partial charge in [0, 0.05) is 6.54 Å². The predicted molar refractivity (Wildman–Crippen MR) is 148 cm³/mol. The fourth-order valence-electron chi connectivity index (χ4n) is 5.01. The van der Waals surface area contributed by atoms with E-state index in [4.69, 9.17) is 0 Å². The van der Waals surface area contributed by atoms with Gasteiger partial charge >= 0.3 is 0 Å². The Hall–Kier alpha value is -3.35. The number of hydrogen-bond donors (Lipinski definition) is 3. The Bertz CT molecular complexity index is 1340. The number of aromatic nitrogens is 3. The molecule has 10 nitrogen and oxygen atoms in total. The summed E-state index contributed by atoms with van der Waals surface area (Å²) in [4.78, 5) is 46.3. The Labute approximate surface area is 234 Å². The van der Waals surface area contributed by atoms with Crippen LogP contribution >= 0.6 is 23.5 Å². The molecule has 1 unspecified atom stereocenters. The molecule has 2 aromatic carbocycles. The average Bonchev–Trinajstić information content (AvgIpc) is 3.57. The Kier molecular flexibility index (Phi) is 7.96. The molecular formula is C27H30N6O4S2. The summed E-state index contributed by atoms with van der Waals surface area (Å²) in [7, 11) is 0. The average molecular weight is 567 g/mol. The number of thioether (sulfide) groups is 2. The van der Waals surface area contributed by atoms with E-state index in [1.807, 2.05) is 68.4 Å². The van der Waals surface area contributed by atoms with E-state index in [0.29, 0.717) is 11.7 Å². The summed E-state index contributed by atoms with van der Waals surface area (Å²) in [6, 6.07) is 15.7. The zero-order valence-electron chi connectivity index (χ0n) is 21.6. The maximum absolute atomic E-state index is 13.6. The molecule has 3 N–H and O–H groups in total. The second-order valence-corrected chi connectivity index (χ2v) is 12.1. The Morgan fingerprint density at radius 2 is 1.97 bits per heavy atom. The number of benzene rings is 2. The van der Waals surface area contributed by atoms with Gasteiger partial charge in [-0.2, -0.15) is 5.10 Å². The van der Waals surface area contributed by atoms with Crippen molar-refractivity contribution in [2.24, 2.45) is 0 Å². The number of fused-ring (bicyclic) bond motifs is 1. The molecule has 12 heteroatoms. The van der Waals surface area contributed by atoms with Gasteiger partial charge in [0.2, 0.25) is 11.8 Å². The van der Waals surface area contributed by atoms with Crippen molar-refractivity contribution in [1.29, 1.82) is 0 Å². The van der Waals surface area contributed by atoms with Gasteiger partial charge < -0.3 is 20.2 Å². The molecule has 0 saturated carbocycles. The van der Waals surface area contributed by atoms with E-state index in [0.717, 1.165) is 16.7 Å². The standard InChI is InChI=1S/C27H30N6O4S2/c1-17-8-6-7-11-19(17)13-33-25(37)23-27(33,2)39-16-32(23)24(36)22(35)20(12-18-9-4-3-5-10-18)30-21(34)14-38-26-28-15-29-31-26/h3-11,15,20,22-23,35H,12-14,16H2,1-2H3,(H,30,34)(H,28,29,31)/t20-,22-,23+,27?/m0/s1. The Balaban J connectivity index is 1.28. The molecule has 204 valence electrons. The van der Waals surface area contributed by atoms with Crippen molar-refractivity contribution >= 4 is 41.2 Å². The zero-order chi connectivity index (χ0) is 27.6. The number of carbonyl (C=O) groups excluding carboxylic acids is 3. The van der Waals surface area contributed by atoms with Crippen molar-refractivity contribution in [3.63, 3.8) is 0 Å². The van der Waals surface area contributed by atoms with Crippen LogP contribution < -0.4 is 5.32 Å². The van der Waals surface area contributed by atoms with E-state index < -0.39 is 29.0 Å². The van der Waals surface area contributed by atoms with Crippen LogP contribution in [0.3, 0.4) is 0 Å². The molecule has 2 aliphatic rings. The highest BCUT2D eigenvalue weighted by molar-refractivity contribution is 8.01. The second kappa shape index (κ2) is 11.4. The molecule has 0 aliphatic carbocycles. The smallest absolute Gasteiger partial charge is 0.255 e. The third-order valence-electron chi connectivity index (χ3n) is 7.24. The van der Waals surface area contributed by atoms with E-state index in [1.165, 1.54) is 34.8 Å². The van der Waals surface area contributed by atoms with Gasteiger partial charge in [-0.05, 0) is 37.0 Å². The van der Waals surface area contributed by atoms with Gasteiger partial charge in [0.15, 0.2) is 11.3 Å². The summed E-state index contributed by atoms with van der Waals surface area (Å²) in [5.74, 6) is -0.745. The van der Waals surface area contributed by atoms with Crippen molar-refractivity contribution in [2.45, 2.75) is 55.0 Å². The molecule has 2 fully saturated rings. The van der Waals surface area contributed by atoms with Gasteiger partial charge in [-0.3, -0.25) is 19.5 Å². The highest BCUT2D eigenvalue weighted by Gasteiger charge is 2.65. The first-order valence-electron chi connectivity index (χ1n) is 12.6. The predicted octanol–water partition coefficient (Wildman–Crippen LogP) is 1.95. The van der Waals surface area contributed by atoms with Crippen LogP contribution in [0.1, 0.15) is 23.6 Å². The quantitative estimate of drug-likeness (QED) is 0.251. The molecule has 1 aromatic heterocycles. The molecule has 5 rings (SSSR count). The van der Waals surface area contributed by atoms with Crippen LogP contribution in [-0.4, -0.2) is 82.5 Å². The van der Waals surface area contributed by atoms with Crippen molar-refractivity contribution in [1.82, 2.24) is 30.3 Å². The summed E-state index contributed by atoms with van der Waals surface area (Å²) in [6.45, 7) is 4.44. The number of aliphatic hydroxyl groups is 1. The number of carbonyl (C=O) groups is 3. The normalized spacial score (nSPS) is 21.7. The SMILES string of the molecule is Cc1ccccc1CN1C(=O)[C@H]2N(C(=O)[C@@H](O)[C@H](Cc3ccccc3)NC(=O)CSc3ncn[nH]3)CSC21C. The van der Waals surface area contributed by atoms with Crippen molar-refractivity contribution < 1.29 is 19.5 Å². The number of aliphatic hydroxyl groups excluding tert-OH is 1. The lowest BCUT2D eigenvalue weighted by Gasteiger charge is -2.53. The molecule has 0 bridgehead atoms. The minimum absolute atomic E-state index is 0.0357. The number of hydrogen-bond acceptors (Lipinski definition) is 8. The third-order valence-corrected chi connectivity index (χ3v) is 9.55. The molecular weight excluding hydrogens is 536 g/mol. The Morgan fingerprint density at radius 3 is 2.69 bits per heavy atom. The number of β-lactam (4-membered cyclic amide) rings is 1. The molecule has 3 aromatic rings. The second-order valence-electron chi connectivity index (χ2n) is 9.78. The maximum Gasteiger partial charge on any atom is 0.255 e. The van der Waals surface area contributed by atoms with Crippen LogP contribution in [0.15, 0.2) is 66.1 Å². The zero-order valence-corrected chi connectivity index (χ0v) is 23.2. The Morgan fingerprint density at radius 1 is 1.23 bits per heavy atom. The third kappa shape index (κ3) is 5.54. The van der Waals surface area contributed by atoms with Gasteiger partial charge in [0.25, 0.3) is 5.91 Å². The summed E-state index contributed by atoms with van der Waals surface area (Å²) < 4.78 is 0. The lowest BCUT2D eigenvalue weighted by molar-refractivity contribution is -0.168. The van der Waals surface area contributed by atoms with E-state index in [2.05, 4.69) is 20.5 Å². The summed E-state index contributed by atoms with van der Waals surface area (Å²) >= 11 is 2.68. The topological polar surface area (TPSA) is 132 Å². The number of likely N-dealkylation sites (tertiary alicyclic amines) is 1. The fourth-order valence-corrected chi connectivity index (χ4v) is 6.98. The molecule has 3 heterocycles. The molecule has 0 radical (unpaired) electrons. The van der Waals surface area contributed by atoms with Crippen LogP contribution in [0.5, 0.6) is 0 Å². The van der Waals surface area contributed by atoms with Crippen molar-refractivity contribution in [3.05, 3.63) is 77.6 Å². The van der Waals surface area contributed by atoms with Crippen LogP contribution in [0.4, 0.5) is 0 Å². The summed E-state index contributed by atoms with van der Waals surface area (Å²) in [6.07, 6.45) is 0.0839. The number of aryl methyl sites for hydroxylation is 1. The highest BCUT2D eigenvalue weighted by atomic mass is 32.2. The monoisotopic (exact) mass is 566 g/mol. The first-order chi connectivity index (χ1) is 18.8. The summed E-state index contributed by atoms with van der Waals surface area (Å²) in [5, 5.41) is 21.0. The van der Waals surface area contributed by atoms with E-state index >= 15 is 0 Å².